The van der Waals surface area contributed by atoms with Crippen molar-refractivity contribution >= 4 is 17.6 Å². The Balaban J connectivity index is 2.21. The van der Waals surface area contributed by atoms with Crippen LogP contribution >= 0.6 is 0 Å². The molecule has 0 aromatic heterocycles. The van der Waals surface area contributed by atoms with Crippen LogP contribution in [0.5, 0.6) is 0 Å². The lowest BCUT2D eigenvalue weighted by Crippen LogP contribution is -2.33. The lowest BCUT2D eigenvalue weighted by molar-refractivity contribution is -0.130. The van der Waals surface area contributed by atoms with Crippen LogP contribution in [-0.2, 0) is 14.3 Å². The van der Waals surface area contributed by atoms with Crippen molar-refractivity contribution in [3.8, 4) is 0 Å². The summed E-state index contributed by atoms with van der Waals surface area (Å²) >= 11 is 0. The smallest absolute Gasteiger partial charge is 0.341 e. The fourth-order valence-corrected chi connectivity index (χ4v) is 2.10. The Morgan fingerprint density at radius 2 is 2.10 bits per heavy atom. The van der Waals surface area contributed by atoms with Crippen LogP contribution in [0, 0.1) is 11.6 Å². The van der Waals surface area contributed by atoms with Gasteiger partial charge in [0, 0.05) is 12.7 Å². The van der Waals surface area contributed by atoms with Gasteiger partial charge in [-0.05, 0) is 25.3 Å². The van der Waals surface area contributed by atoms with Crippen LogP contribution in [0.4, 0.5) is 14.5 Å². The number of nitrogens with one attached hydrogen (secondary N) is 1. The SMILES string of the molecule is COC(=O)c1cc(F)cc(NC(=O)[C@@H]2CCCCO2)c1F. The molecule has 5 nitrogen and oxygen atoms in total. The van der Waals surface area contributed by atoms with Crippen LogP contribution in [0.25, 0.3) is 0 Å². The van der Waals surface area contributed by atoms with Gasteiger partial charge >= 0.3 is 5.97 Å². The first kappa shape index (κ1) is 15.4. The van der Waals surface area contributed by atoms with Gasteiger partial charge in [0.25, 0.3) is 5.91 Å². The summed E-state index contributed by atoms with van der Waals surface area (Å²) in [6.45, 7) is 0.455. The van der Waals surface area contributed by atoms with Gasteiger partial charge in [0.15, 0.2) is 5.82 Å². The first-order chi connectivity index (χ1) is 10.0. The third-order valence-electron chi connectivity index (χ3n) is 3.17. The van der Waals surface area contributed by atoms with E-state index in [0.717, 1.165) is 26.0 Å². The average molecular weight is 299 g/mol. The van der Waals surface area contributed by atoms with E-state index in [1.165, 1.54) is 0 Å². The van der Waals surface area contributed by atoms with E-state index in [-0.39, 0.29) is 0 Å². The summed E-state index contributed by atoms with van der Waals surface area (Å²) in [6, 6.07) is 1.52. The number of esters is 1. The second-order valence-electron chi connectivity index (χ2n) is 4.65. The molecule has 1 amide bonds. The Morgan fingerprint density at radius 3 is 2.71 bits per heavy atom. The number of amides is 1. The van der Waals surface area contributed by atoms with Crippen molar-refractivity contribution in [1.82, 2.24) is 0 Å². The molecule has 1 aliphatic rings. The van der Waals surface area contributed by atoms with Crippen molar-refractivity contribution in [2.24, 2.45) is 0 Å². The summed E-state index contributed by atoms with van der Waals surface area (Å²) in [4.78, 5) is 23.3. The highest BCUT2D eigenvalue weighted by Gasteiger charge is 2.25. The first-order valence-electron chi connectivity index (χ1n) is 6.52. The molecular weight excluding hydrogens is 284 g/mol. The average Bonchev–Trinajstić information content (AvgIpc) is 2.50. The van der Waals surface area contributed by atoms with E-state index in [1.54, 1.807) is 0 Å². The quantitative estimate of drug-likeness (QED) is 0.870. The van der Waals surface area contributed by atoms with E-state index in [2.05, 4.69) is 10.1 Å². The fourth-order valence-electron chi connectivity index (χ4n) is 2.10. The standard InChI is InChI=1S/C14H15F2NO4/c1-20-14(19)9-6-8(15)7-10(12(9)16)17-13(18)11-4-2-3-5-21-11/h6-7,11H,2-5H2,1H3,(H,17,18)/t11-/m0/s1. The molecule has 114 valence electrons. The summed E-state index contributed by atoms with van der Waals surface area (Å²) in [6.07, 6.45) is 1.52. The highest BCUT2D eigenvalue weighted by atomic mass is 19.1. The number of hydrogen-bond acceptors (Lipinski definition) is 4. The first-order valence-corrected chi connectivity index (χ1v) is 6.52. The molecular formula is C14H15F2NO4. The largest absolute Gasteiger partial charge is 0.465 e. The highest BCUT2D eigenvalue weighted by Crippen LogP contribution is 2.22. The monoisotopic (exact) mass is 299 g/mol. The van der Waals surface area contributed by atoms with E-state index < -0.39 is 40.9 Å². The van der Waals surface area contributed by atoms with Crippen LogP contribution in [0.2, 0.25) is 0 Å². The number of carbonyl (C=O) groups is 2. The molecule has 0 unspecified atom stereocenters. The van der Waals surface area contributed by atoms with Gasteiger partial charge in [-0.3, -0.25) is 4.79 Å². The zero-order valence-corrected chi connectivity index (χ0v) is 11.4. The molecule has 2 rings (SSSR count). The second-order valence-corrected chi connectivity index (χ2v) is 4.65. The number of benzene rings is 1. The molecule has 1 saturated heterocycles. The molecule has 1 heterocycles. The van der Waals surface area contributed by atoms with Crippen LogP contribution in [0.1, 0.15) is 29.6 Å². The number of carbonyl (C=O) groups excluding carboxylic acids is 2. The second kappa shape index (κ2) is 6.62. The van der Waals surface area contributed by atoms with E-state index in [4.69, 9.17) is 4.74 Å². The van der Waals surface area contributed by atoms with Gasteiger partial charge < -0.3 is 14.8 Å². The molecule has 1 N–H and O–H groups in total. The number of methoxy groups -OCH3 is 1. The van der Waals surface area contributed by atoms with E-state index in [0.29, 0.717) is 19.1 Å². The topological polar surface area (TPSA) is 64.6 Å². The minimum atomic E-state index is -1.03. The van der Waals surface area contributed by atoms with Gasteiger partial charge in [0.2, 0.25) is 0 Å². The Labute approximate surface area is 120 Å². The summed E-state index contributed by atoms with van der Waals surface area (Å²) in [7, 11) is 1.06. The van der Waals surface area contributed by atoms with Crippen LogP contribution in [0.15, 0.2) is 12.1 Å². The molecule has 0 aliphatic carbocycles. The maximum atomic E-state index is 14.1. The molecule has 0 radical (unpaired) electrons. The number of ether oxygens (including phenoxy) is 2. The summed E-state index contributed by atoms with van der Waals surface area (Å²) in [5.41, 5.74) is -0.980. The number of hydrogen-bond donors (Lipinski definition) is 1. The van der Waals surface area contributed by atoms with Crippen molar-refractivity contribution in [3.05, 3.63) is 29.3 Å². The molecule has 0 bridgehead atoms. The van der Waals surface area contributed by atoms with Crippen molar-refractivity contribution < 1.29 is 27.8 Å². The summed E-state index contributed by atoms with van der Waals surface area (Å²) < 4.78 is 37.2. The number of anilines is 1. The van der Waals surface area contributed by atoms with E-state index in [1.807, 2.05) is 0 Å². The third kappa shape index (κ3) is 3.55. The summed E-state index contributed by atoms with van der Waals surface area (Å²) in [5.74, 6) is -3.46. The summed E-state index contributed by atoms with van der Waals surface area (Å²) in [5, 5.41) is 2.25. The van der Waals surface area contributed by atoms with Crippen LogP contribution in [0.3, 0.4) is 0 Å². The molecule has 1 aromatic carbocycles. The fraction of sp³-hybridized carbons (Fsp3) is 0.429. The van der Waals surface area contributed by atoms with Gasteiger partial charge in [-0.25, -0.2) is 13.6 Å². The lowest BCUT2D eigenvalue weighted by atomic mass is 10.1. The van der Waals surface area contributed by atoms with E-state index >= 15 is 0 Å². The minimum Gasteiger partial charge on any atom is -0.465 e. The zero-order chi connectivity index (χ0) is 15.4. The predicted molar refractivity (Wildman–Crippen MR) is 69.9 cm³/mol. The van der Waals surface area contributed by atoms with Crippen molar-refractivity contribution in [1.29, 1.82) is 0 Å². The Morgan fingerprint density at radius 1 is 1.33 bits per heavy atom. The molecule has 1 fully saturated rings. The van der Waals surface area contributed by atoms with Gasteiger partial charge in [-0.15, -0.1) is 0 Å². The molecule has 7 heteroatoms. The Kier molecular flexibility index (Phi) is 4.85. The van der Waals surface area contributed by atoms with Crippen molar-refractivity contribution in [2.75, 3.05) is 19.0 Å². The van der Waals surface area contributed by atoms with Crippen LogP contribution in [-0.4, -0.2) is 31.7 Å². The third-order valence-corrected chi connectivity index (χ3v) is 3.17. The van der Waals surface area contributed by atoms with Gasteiger partial charge in [-0.2, -0.15) is 0 Å². The minimum absolute atomic E-state index is 0.408. The zero-order valence-electron chi connectivity index (χ0n) is 11.4. The predicted octanol–water partition coefficient (Wildman–Crippen LogP) is 2.26. The van der Waals surface area contributed by atoms with Gasteiger partial charge in [-0.1, -0.05) is 0 Å². The molecule has 0 saturated carbocycles. The maximum Gasteiger partial charge on any atom is 0.341 e. The molecule has 0 spiro atoms. The van der Waals surface area contributed by atoms with E-state index in [9.17, 15) is 18.4 Å². The molecule has 21 heavy (non-hydrogen) atoms. The Bertz CT molecular complexity index is 556. The van der Waals surface area contributed by atoms with Crippen molar-refractivity contribution in [3.63, 3.8) is 0 Å². The Hall–Kier alpha value is -2.02. The van der Waals surface area contributed by atoms with Gasteiger partial charge in [0.1, 0.15) is 17.5 Å². The molecule has 1 aromatic rings. The van der Waals surface area contributed by atoms with Crippen molar-refractivity contribution in [2.45, 2.75) is 25.4 Å². The number of halogens is 2. The van der Waals surface area contributed by atoms with Crippen LogP contribution < -0.4 is 5.32 Å². The normalized spacial score (nSPS) is 18.1. The molecule has 1 atom stereocenters. The highest BCUT2D eigenvalue weighted by molar-refractivity contribution is 5.97. The molecule has 1 aliphatic heterocycles. The lowest BCUT2D eigenvalue weighted by Gasteiger charge is -2.22. The maximum absolute atomic E-state index is 14.1. The van der Waals surface area contributed by atoms with Gasteiger partial charge in [0.05, 0.1) is 12.8 Å². The number of rotatable bonds is 3.